The zero-order valence-corrected chi connectivity index (χ0v) is 11.9. The summed E-state index contributed by atoms with van der Waals surface area (Å²) in [5, 5.41) is 12.3. The van der Waals surface area contributed by atoms with Crippen LogP contribution in [-0.2, 0) is 4.79 Å². The molecule has 0 saturated carbocycles. The number of hydrogen-bond acceptors (Lipinski definition) is 3. The van der Waals surface area contributed by atoms with E-state index < -0.39 is 0 Å². The summed E-state index contributed by atoms with van der Waals surface area (Å²) in [6.07, 6.45) is 0.713. The van der Waals surface area contributed by atoms with Gasteiger partial charge in [-0.05, 0) is 36.6 Å². The summed E-state index contributed by atoms with van der Waals surface area (Å²) in [6.45, 7) is 2.78. The number of hydrogen-bond donors (Lipinski definition) is 2. The molecular formula is C13H18ClNO2S. The van der Waals surface area contributed by atoms with Crippen LogP contribution < -0.4 is 5.32 Å². The van der Waals surface area contributed by atoms with Gasteiger partial charge in [-0.15, -0.1) is 11.8 Å². The number of thioether (sulfide) groups is 1. The summed E-state index contributed by atoms with van der Waals surface area (Å²) in [6, 6.07) is 7.42. The molecule has 100 valence electrons. The molecule has 0 radical (unpaired) electrons. The van der Waals surface area contributed by atoms with E-state index in [1.165, 1.54) is 11.8 Å². The average molecular weight is 288 g/mol. The number of rotatable bonds is 7. The number of aliphatic hydroxyl groups is 1. The summed E-state index contributed by atoms with van der Waals surface area (Å²) < 4.78 is 0. The monoisotopic (exact) mass is 287 g/mol. The minimum atomic E-state index is 0.0136. The molecule has 0 aliphatic rings. The third kappa shape index (κ3) is 6.28. The van der Waals surface area contributed by atoms with E-state index in [0.717, 1.165) is 4.90 Å². The lowest BCUT2D eigenvalue weighted by Crippen LogP contribution is -2.29. The van der Waals surface area contributed by atoms with Crippen LogP contribution in [-0.4, -0.2) is 29.9 Å². The first kappa shape index (κ1) is 15.3. The van der Waals surface area contributed by atoms with Gasteiger partial charge in [0.15, 0.2) is 0 Å². The normalized spacial score (nSPS) is 12.2. The Morgan fingerprint density at radius 1 is 1.44 bits per heavy atom. The molecule has 0 heterocycles. The lowest BCUT2D eigenvalue weighted by atomic mass is 10.1. The third-order valence-electron chi connectivity index (χ3n) is 2.45. The zero-order valence-electron chi connectivity index (χ0n) is 10.4. The first-order valence-corrected chi connectivity index (χ1v) is 7.24. The highest BCUT2D eigenvalue weighted by atomic mass is 35.5. The Morgan fingerprint density at radius 3 is 2.72 bits per heavy atom. The molecular weight excluding hydrogens is 270 g/mol. The number of carbonyl (C=O) groups is 1. The van der Waals surface area contributed by atoms with Crippen LogP contribution in [0.1, 0.15) is 13.3 Å². The molecule has 0 fully saturated rings. The van der Waals surface area contributed by atoms with E-state index in [-0.39, 0.29) is 12.5 Å². The topological polar surface area (TPSA) is 49.3 Å². The van der Waals surface area contributed by atoms with E-state index in [4.69, 9.17) is 16.7 Å². The second-order valence-corrected chi connectivity index (χ2v) is 5.65. The fourth-order valence-corrected chi connectivity index (χ4v) is 2.20. The number of benzene rings is 1. The van der Waals surface area contributed by atoms with E-state index in [0.29, 0.717) is 29.7 Å². The predicted octanol–water partition coefficient (Wildman–Crippen LogP) is 2.57. The maximum atomic E-state index is 11.6. The van der Waals surface area contributed by atoms with E-state index >= 15 is 0 Å². The van der Waals surface area contributed by atoms with Crippen molar-refractivity contribution in [3.8, 4) is 0 Å². The van der Waals surface area contributed by atoms with Gasteiger partial charge in [-0.3, -0.25) is 4.79 Å². The smallest absolute Gasteiger partial charge is 0.230 e. The molecule has 1 atom stereocenters. The largest absolute Gasteiger partial charge is 0.396 e. The van der Waals surface area contributed by atoms with Crippen molar-refractivity contribution in [2.75, 3.05) is 18.9 Å². The van der Waals surface area contributed by atoms with E-state index in [1.54, 1.807) is 0 Å². The number of nitrogens with one attached hydrogen (secondary N) is 1. The van der Waals surface area contributed by atoms with Gasteiger partial charge in [-0.25, -0.2) is 0 Å². The lowest BCUT2D eigenvalue weighted by molar-refractivity contribution is -0.118. The number of aliphatic hydroxyl groups excluding tert-OH is 1. The first-order chi connectivity index (χ1) is 8.61. The Bertz CT molecular complexity index is 370. The van der Waals surface area contributed by atoms with Crippen LogP contribution in [0.2, 0.25) is 5.02 Å². The number of carbonyl (C=O) groups excluding carboxylic acids is 1. The van der Waals surface area contributed by atoms with Crippen LogP contribution in [0.3, 0.4) is 0 Å². The van der Waals surface area contributed by atoms with Crippen molar-refractivity contribution < 1.29 is 9.90 Å². The third-order valence-corrected chi connectivity index (χ3v) is 3.72. The summed E-state index contributed by atoms with van der Waals surface area (Å²) in [5.41, 5.74) is 0. The molecule has 1 amide bonds. The minimum Gasteiger partial charge on any atom is -0.396 e. The average Bonchev–Trinajstić information content (AvgIpc) is 2.36. The molecule has 18 heavy (non-hydrogen) atoms. The van der Waals surface area contributed by atoms with Crippen molar-refractivity contribution in [3.63, 3.8) is 0 Å². The van der Waals surface area contributed by atoms with Gasteiger partial charge in [0.2, 0.25) is 5.91 Å². The van der Waals surface area contributed by atoms with Crippen LogP contribution >= 0.6 is 23.4 Å². The van der Waals surface area contributed by atoms with Crippen molar-refractivity contribution in [3.05, 3.63) is 29.3 Å². The highest BCUT2D eigenvalue weighted by Gasteiger charge is 2.05. The highest BCUT2D eigenvalue weighted by molar-refractivity contribution is 8.00. The maximum absolute atomic E-state index is 11.6. The Hall–Kier alpha value is -0.710. The van der Waals surface area contributed by atoms with Gasteiger partial charge < -0.3 is 10.4 Å². The van der Waals surface area contributed by atoms with Gasteiger partial charge in [0.05, 0.1) is 5.75 Å². The number of amides is 1. The quantitative estimate of drug-likeness (QED) is 0.758. The first-order valence-electron chi connectivity index (χ1n) is 5.87. The fraction of sp³-hybridized carbons (Fsp3) is 0.462. The summed E-state index contributed by atoms with van der Waals surface area (Å²) >= 11 is 7.26. The molecule has 5 heteroatoms. The Labute approximate surface area is 117 Å². The Kier molecular flexibility index (Phi) is 7.16. The van der Waals surface area contributed by atoms with Crippen LogP contribution in [0.25, 0.3) is 0 Å². The van der Waals surface area contributed by atoms with Crippen LogP contribution in [0.5, 0.6) is 0 Å². The molecule has 0 saturated heterocycles. The second kappa shape index (κ2) is 8.40. The summed E-state index contributed by atoms with van der Waals surface area (Å²) in [7, 11) is 0. The van der Waals surface area contributed by atoms with Gasteiger partial charge in [0.25, 0.3) is 0 Å². The summed E-state index contributed by atoms with van der Waals surface area (Å²) in [4.78, 5) is 12.6. The van der Waals surface area contributed by atoms with Crippen molar-refractivity contribution in [2.24, 2.45) is 5.92 Å². The van der Waals surface area contributed by atoms with Crippen LogP contribution in [0.4, 0.5) is 0 Å². The zero-order chi connectivity index (χ0) is 13.4. The maximum Gasteiger partial charge on any atom is 0.230 e. The molecule has 1 aromatic rings. The van der Waals surface area contributed by atoms with Crippen molar-refractivity contribution >= 4 is 29.3 Å². The molecule has 0 aromatic heterocycles. The van der Waals surface area contributed by atoms with Crippen molar-refractivity contribution in [1.29, 1.82) is 0 Å². The molecule has 2 N–H and O–H groups in total. The van der Waals surface area contributed by atoms with Gasteiger partial charge in [-0.1, -0.05) is 18.5 Å². The fourth-order valence-electron chi connectivity index (χ4n) is 1.34. The Balaban J connectivity index is 2.22. The molecule has 0 aliphatic heterocycles. The van der Waals surface area contributed by atoms with Gasteiger partial charge in [-0.2, -0.15) is 0 Å². The van der Waals surface area contributed by atoms with Gasteiger partial charge >= 0.3 is 0 Å². The SMILES string of the molecule is CC(CCO)CNC(=O)CSc1ccc(Cl)cc1. The van der Waals surface area contributed by atoms with Gasteiger partial charge in [0, 0.05) is 23.1 Å². The van der Waals surface area contributed by atoms with E-state index in [2.05, 4.69) is 5.32 Å². The van der Waals surface area contributed by atoms with Gasteiger partial charge in [0.1, 0.15) is 0 Å². The van der Waals surface area contributed by atoms with Crippen molar-refractivity contribution in [2.45, 2.75) is 18.2 Å². The molecule has 1 rings (SSSR count). The molecule has 3 nitrogen and oxygen atoms in total. The van der Waals surface area contributed by atoms with E-state index in [9.17, 15) is 4.79 Å². The van der Waals surface area contributed by atoms with E-state index in [1.807, 2.05) is 31.2 Å². The molecule has 0 bridgehead atoms. The molecule has 1 unspecified atom stereocenters. The highest BCUT2D eigenvalue weighted by Crippen LogP contribution is 2.19. The number of halogens is 1. The Morgan fingerprint density at radius 2 is 2.11 bits per heavy atom. The predicted molar refractivity (Wildman–Crippen MR) is 76.1 cm³/mol. The molecule has 0 aliphatic carbocycles. The lowest BCUT2D eigenvalue weighted by Gasteiger charge is -2.10. The second-order valence-electron chi connectivity index (χ2n) is 4.16. The molecule has 0 spiro atoms. The molecule has 1 aromatic carbocycles. The minimum absolute atomic E-state index is 0.0136. The van der Waals surface area contributed by atoms with Crippen molar-refractivity contribution in [1.82, 2.24) is 5.32 Å². The van der Waals surface area contributed by atoms with Crippen LogP contribution in [0.15, 0.2) is 29.2 Å². The summed E-state index contributed by atoms with van der Waals surface area (Å²) in [5.74, 6) is 0.715. The van der Waals surface area contributed by atoms with Crippen LogP contribution in [0, 0.1) is 5.92 Å². The standard InChI is InChI=1S/C13H18ClNO2S/c1-10(6-7-16)8-15-13(17)9-18-12-4-2-11(14)3-5-12/h2-5,10,16H,6-9H2,1H3,(H,15,17).